The van der Waals surface area contributed by atoms with Crippen LogP contribution in [0.4, 0.5) is 0 Å². The Labute approximate surface area is 94.7 Å². The van der Waals surface area contributed by atoms with Gasteiger partial charge in [-0.2, -0.15) is 0 Å². The van der Waals surface area contributed by atoms with E-state index < -0.39 is 0 Å². The highest BCUT2D eigenvalue weighted by atomic mass is 32.1. The number of amides is 1. The Kier molecular flexibility index (Phi) is 4.29. The summed E-state index contributed by atoms with van der Waals surface area (Å²) in [7, 11) is 0. The molecule has 4 heteroatoms. The summed E-state index contributed by atoms with van der Waals surface area (Å²) in [5.41, 5.74) is 6.87. The van der Waals surface area contributed by atoms with Gasteiger partial charge in [0.1, 0.15) is 0 Å². The van der Waals surface area contributed by atoms with Gasteiger partial charge in [-0.15, -0.1) is 11.3 Å². The van der Waals surface area contributed by atoms with Gasteiger partial charge in [0.2, 0.25) is 0 Å². The summed E-state index contributed by atoms with van der Waals surface area (Å²) in [6, 6.07) is 1.97. The lowest BCUT2D eigenvalue weighted by molar-refractivity contribution is 0.0953. The molecular formula is C11H18N2OS. The molecule has 1 unspecified atom stereocenters. The Morgan fingerprint density at radius 2 is 2.27 bits per heavy atom. The van der Waals surface area contributed by atoms with Crippen LogP contribution in [0.1, 0.15) is 29.1 Å². The third-order valence-corrected chi connectivity index (χ3v) is 3.44. The maximum Gasteiger partial charge on any atom is 0.261 e. The third-order valence-electron chi connectivity index (χ3n) is 2.42. The predicted molar refractivity (Wildman–Crippen MR) is 64.2 cm³/mol. The van der Waals surface area contributed by atoms with Crippen LogP contribution in [0.5, 0.6) is 0 Å². The molecule has 84 valence electrons. The summed E-state index contributed by atoms with van der Waals surface area (Å²) >= 11 is 1.46. The Bertz CT molecular complexity index is 333. The highest BCUT2D eigenvalue weighted by molar-refractivity contribution is 7.12. The molecule has 3 N–H and O–H groups in total. The zero-order valence-electron chi connectivity index (χ0n) is 9.41. The minimum Gasteiger partial charge on any atom is -0.350 e. The lowest BCUT2D eigenvalue weighted by Gasteiger charge is -2.15. The minimum absolute atomic E-state index is 0.0152. The van der Waals surface area contributed by atoms with Crippen LogP contribution in [-0.2, 0) is 0 Å². The molecule has 0 spiro atoms. The molecule has 1 rings (SSSR count). The van der Waals surface area contributed by atoms with Gasteiger partial charge in [-0.25, -0.2) is 0 Å². The molecule has 1 aromatic rings. The van der Waals surface area contributed by atoms with Crippen LogP contribution in [0.25, 0.3) is 0 Å². The van der Waals surface area contributed by atoms with Crippen molar-refractivity contribution >= 4 is 17.2 Å². The summed E-state index contributed by atoms with van der Waals surface area (Å²) in [6.45, 7) is 6.57. The molecule has 0 bridgehead atoms. The second-order valence-electron chi connectivity index (χ2n) is 4.05. The number of carbonyl (C=O) groups excluding carboxylic acids is 1. The average Bonchev–Trinajstić information content (AvgIpc) is 2.60. The van der Waals surface area contributed by atoms with Crippen LogP contribution in [0, 0.1) is 12.8 Å². The van der Waals surface area contributed by atoms with Crippen LogP contribution >= 0.6 is 11.3 Å². The second-order valence-corrected chi connectivity index (χ2v) is 4.97. The van der Waals surface area contributed by atoms with Gasteiger partial charge in [-0.3, -0.25) is 4.79 Å². The topological polar surface area (TPSA) is 55.1 Å². The number of thiophene rings is 1. The van der Waals surface area contributed by atoms with Crippen LogP contribution in [-0.4, -0.2) is 18.5 Å². The van der Waals surface area contributed by atoms with Gasteiger partial charge in [0.25, 0.3) is 5.91 Å². The van der Waals surface area contributed by atoms with Gasteiger partial charge < -0.3 is 11.1 Å². The molecule has 0 fully saturated rings. The number of aryl methyl sites for hydroxylation is 1. The number of nitrogens with one attached hydrogen (secondary N) is 1. The molecule has 1 atom stereocenters. The molecule has 1 aromatic heterocycles. The third kappa shape index (κ3) is 3.32. The molecule has 0 saturated heterocycles. The maximum absolute atomic E-state index is 11.7. The second kappa shape index (κ2) is 5.28. The van der Waals surface area contributed by atoms with Crippen LogP contribution < -0.4 is 11.1 Å². The summed E-state index contributed by atoms with van der Waals surface area (Å²) in [6.07, 6.45) is 0. The van der Waals surface area contributed by atoms with E-state index in [0.29, 0.717) is 12.5 Å². The zero-order valence-corrected chi connectivity index (χ0v) is 10.2. The monoisotopic (exact) mass is 226 g/mol. The van der Waals surface area contributed by atoms with Crippen molar-refractivity contribution in [3.63, 3.8) is 0 Å². The maximum atomic E-state index is 11.7. The first-order valence-electron chi connectivity index (χ1n) is 5.10. The van der Waals surface area contributed by atoms with E-state index in [9.17, 15) is 4.79 Å². The molecule has 0 aromatic carbocycles. The molecule has 0 aliphatic rings. The van der Waals surface area contributed by atoms with Gasteiger partial charge in [-0.1, -0.05) is 13.8 Å². The molecule has 0 aliphatic heterocycles. The standard InChI is InChI=1S/C11H18N2OS/c1-7(2)9(12)6-13-11(14)10-8(3)4-5-15-10/h4-5,7,9H,6,12H2,1-3H3,(H,13,14). The van der Waals surface area contributed by atoms with Crippen molar-refractivity contribution in [2.24, 2.45) is 11.7 Å². The van der Waals surface area contributed by atoms with E-state index in [2.05, 4.69) is 5.32 Å². The molecule has 0 saturated carbocycles. The molecule has 3 nitrogen and oxygen atoms in total. The smallest absolute Gasteiger partial charge is 0.261 e. The van der Waals surface area contributed by atoms with E-state index in [-0.39, 0.29) is 11.9 Å². The van der Waals surface area contributed by atoms with E-state index in [1.54, 1.807) is 0 Å². The van der Waals surface area contributed by atoms with Gasteiger partial charge >= 0.3 is 0 Å². The highest BCUT2D eigenvalue weighted by Crippen LogP contribution is 2.14. The Hall–Kier alpha value is -0.870. The van der Waals surface area contributed by atoms with Crippen molar-refractivity contribution < 1.29 is 4.79 Å². The highest BCUT2D eigenvalue weighted by Gasteiger charge is 2.13. The SMILES string of the molecule is Cc1ccsc1C(=O)NCC(N)C(C)C. The van der Waals surface area contributed by atoms with Crippen molar-refractivity contribution in [3.05, 3.63) is 21.9 Å². The van der Waals surface area contributed by atoms with E-state index in [4.69, 9.17) is 5.73 Å². The quantitative estimate of drug-likeness (QED) is 0.822. The van der Waals surface area contributed by atoms with Crippen LogP contribution in [0.2, 0.25) is 0 Å². The fraction of sp³-hybridized carbons (Fsp3) is 0.545. The number of carbonyl (C=O) groups is 1. The average molecular weight is 226 g/mol. The summed E-state index contributed by atoms with van der Waals surface area (Å²) < 4.78 is 0. The van der Waals surface area contributed by atoms with Crippen molar-refractivity contribution in [1.29, 1.82) is 0 Å². The largest absolute Gasteiger partial charge is 0.350 e. The van der Waals surface area contributed by atoms with Gasteiger partial charge in [-0.05, 0) is 29.9 Å². The molecule has 0 aliphatic carbocycles. The molecule has 1 amide bonds. The van der Waals surface area contributed by atoms with Crippen molar-refractivity contribution in [3.8, 4) is 0 Å². The van der Waals surface area contributed by atoms with E-state index in [1.165, 1.54) is 11.3 Å². The molecular weight excluding hydrogens is 208 g/mol. The first-order chi connectivity index (χ1) is 7.02. The van der Waals surface area contributed by atoms with Gasteiger partial charge in [0, 0.05) is 12.6 Å². The molecule has 1 heterocycles. The van der Waals surface area contributed by atoms with E-state index in [0.717, 1.165) is 10.4 Å². The Balaban J connectivity index is 2.47. The fourth-order valence-electron chi connectivity index (χ4n) is 1.13. The van der Waals surface area contributed by atoms with Gasteiger partial charge in [0.05, 0.1) is 4.88 Å². The summed E-state index contributed by atoms with van der Waals surface area (Å²) in [4.78, 5) is 12.5. The van der Waals surface area contributed by atoms with E-state index >= 15 is 0 Å². The predicted octanol–water partition coefficient (Wildman–Crippen LogP) is 1.77. The number of rotatable bonds is 4. The first kappa shape index (κ1) is 12.2. The fourth-order valence-corrected chi connectivity index (χ4v) is 1.97. The number of hydrogen-bond acceptors (Lipinski definition) is 3. The van der Waals surface area contributed by atoms with Crippen LogP contribution in [0.3, 0.4) is 0 Å². The van der Waals surface area contributed by atoms with Crippen molar-refractivity contribution in [1.82, 2.24) is 5.32 Å². The van der Waals surface area contributed by atoms with Crippen LogP contribution in [0.15, 0.2) is 11.4 Å². The number of nitrogens with two attached hydrogens (primary N) is 1. The molecule has 0 radical (unpaired) electrons. The number of hydrogen-bond donors (Lipinski definition) is 2. The summed E-state index contributed by atoms with van der Waals surface area (Å²) in [5, 5.41) is 4.78. The van der Waals surface area contributed by atoms with E-state index in [1.807, 2.05) is 32.2 Å². The first-order valence-corrected chi connectivity index (χ1v) is 5.98. The summed E-state index contributed by atoms with van der Waals surface area (Å²) in [5.74, 6) is 0.369. The minimum atomic E-state index is -0.0152. The zero-order chi connectivity index (χ0) is 11.4. The lowest BCUT2D eigenvalue weighted by atomic mass is 10.1. The van der Waals surface area contributed by atoms with Crippen molar-refractivity contribution in [2.45, 2.75) is 26.8 Å². The lowest BCUT2D eigenvalue weighted by Crippen LogP contribution is -2.40. The van der Waals surface area contributed by atoms with Crippen molar-refractivity contribution in [2.75, 3.05) is 6.54 Å². The normalized spacial score (nSPS) is 12.9. The Morgan fingerprint density at radius 3 is 2.73 bits per heavy atom. The Morgan fingerprint density at radius 1 is 1.60 bits per heavy atom. The van der Waals surface area contributed by atoms with Gasteiger partial charge in [0.15, 0.2) is 0 Å². The molecule has 15 heavy (non-hydrogen) atoms.